The predicted molar refractivity (Wildman–Crippen MR) is 116 cm³/mol. The normalized spacial score (nSPS) is 23.4. The molecule has 0 radical (unpaired) electrons. The van der Waals surface area contributed by atoms with Crippen molar-refractivity contribution in [1.82, 2.24) is 9.91 Å². The van der Waals surface area contributed by atoms with Gasteiger partial charge in [-0.05, 0) is 37.6 Å². The number of rotatable bonds is 2. The Labute approximate surface area is 175 Å². The highest BCUT2D eigenvalue weighted by Gasteiger charge is 2.51. The standard InChI is InChI=1S/C23H26BrN3O/c1-16(2)26-13-11-23(12-14-26)27-21(19-5-3-4-6-22(19)28-23)15-20(25-27)17-7-9-18(24)10-8-17/h3-10,16,21H,11-15H2,1-2H3. The Morgan fingerprint density at radius 2 is 1.79 bits per heavy atom. The molecule has 4 nitrogen and oxygen atoms in total. The fourth-order valence-electron chi connectivity index (χ4n) is 4.77. The highest BCUT2D eigenvalue weighted by Crippen LogP contribution is 2.50. The Morgan fingerprint density at radius 3 is 2.50 bits per heavy atom. The number of ether oxygens (including phenoxy) is 1. The van der Waals surface area contributed by atoms with E-state index in [0.29, 0.717) is 6.04 Å². The fraction of sp³-hybridized carbons (Fsp3) is 0.435. The minimum atomic E-state index is -0.332. The maximum atomic E-state index is 6.69. The van der Waals surface area contributed by atoms with E-state index in [1.807, 2.05) is 0 Å². The van der Waals surface area contributed by atoms with E-state index >= 15 is 0 Å². The zero-order chi connectivity index (χ0) is 19.3. The van der Waals surface area contributed by atoms with Gasteiger partial charge in [0.15, 0.2) is 0 Å². The molecule has 0 bridgehead atoms. The van der Waals surface area contributed by atoms with Gasteiger partial charge < -0.3 is 9.64 Å². The number of piperidine rings is 1. The van der Waals surface area contributed by atoms with Gasteiger partial charge in [-0.1, -0.05) is 46.3 Å². The van der Waals surface area contributed by atoms with E-state index in [0.717, 1.165) is 48.3 Å². The van der Waals surface area contributed by atoms with Crippen LogP contribution in [0.1, 0.15) is 50.3 Å². The van der Waals surface area contributed by atoms with Crippen LogP contribution in [0.15, 0.2) is 58.1 Å². The Balaban J connectivity index is 1.53. The van der Waals surface area contributed by atoms with Gasteiger partial charge in [-0.25, -0.2) is 5.01 Å². The van der Waals surface area contributed by atoms with Crippen LogP contribution in [-0.2, 0) is 0 Å². The summed E-state index contributed by atoms with van der Waals surface area (Å²) in [5, 5.41) is 7.44. The first-order valence-electron chi connectivity index (χ1n) is 10.2. The van der Waals surface area contributed by atoms with Crippen molar-refractivity contribution in [3.63, 3.8) is 0 Å². The van der Waals surface area contributed by atoms with Crippen molar-refractivity contribution in [1.29, 1.82) is 0 Å². The molecule has 0 saturated carbocycles. The van der Waals surface area contributed by atoms with Gasteiger partial charge in [0.2, 0.25) is 5.72 Å². The van der Waals surface area contributed by atoms with Gasteiger partial charge in [-0.2, -0.15) is 5.10 Å². The molecule has 1 spiro atoms. The average Bonchev–Trinajstić information content (AvgIpc) is 3.16. The van der Waals surface area contributed by atoms with Gasteiger partial charge in [0, 0.05) is 48.4 Å². The van der Waals surface area contributed by atoms with E-state index in [4.69, 9.17) is 9.84 Å². The number of hydrazone groups is 1. The topological polar surface area (TPSA) is 28.1 Å². The summed E-state index contributed by atoms with van der Waals surface area (Å²) in [7, 11) is 0. The third kappa shape index (κ3) is 2.96. The van der Waals surface area contributed by atoms with E-state index < -0.39 is 0 Å². The average molecular weight is 440 g/mol. The summed E-state index contributed by atoms with van der Waals surface area (Å²) < 4.78 is 7.79. The molecule has 3 heterocycles. The van der Waals surface area contributed by atoms with Crippen molar-refractivity contribution in [3.8, 4) is 5.75 Å². The van der Waals surface area contributed by atoms with Gasteiger partial charge in [0.05, 0.1) is 11.8 Å². The van der Waals surface area contributed by atoms with Crippen LogP contribution in [-0.4, -0.2) is 40.5 Å². The van der Waals surface area contributed by atoms with Crippen LogP contribution in [0.25, 0.3) is 0 Å². The molecule has 1 atom stereocenters. The fourth-order valence-corrected chi connectivity index (χ4v) is 5.03. The molecule has 0 aliphatic carbocycles. The molecule has 1 unspecified atom stereocenters. The Bertz CT molecular complexity index is 900. The summed E-state index contributed by atoms with van der Waals surface area (Å²) in [6.07, 6.45) is 2.89. The second-order valence-electron chi connectivity index (χ2n) is 8.33. The van der Waals surface area contributed by atoms with Crippen LogP contribution < -0.4 is 4.74 Å². The lowest BCUT2D eigenvalue weighted by Gasteiger charge is -2.51. The van der Waals surface area contributed by atoms with E-state index in [-0.39, 0.29) is 11.8 Å². The number of fused-ring (bicyclic) bond motifs is 4. The van der Waals surface area contributed by atoms with E-state index in [9.17, 15) is 0 Å². The van der Waals surface area contributed by atoms with Crippen LogP contribution in [0.4, 0.5) is 0 Å². The molecule has 2 aromatic rings. The molecule has 1 saturated heterocycles. The number of likely N-dealkylation sites (tertiary alicyclic amines) is 1. The summed E-state index contributed by atoms with van der Waals surface area (Å²) in [4.78, 5) is 2.54. The van der Waals surface area contributed by atoms with E-state index in [2.05, 4.69) is 88.2 Å². The van der Waals surface area contributed by atoms with Crippen LogP contribution in [0.3, 0.4) is 0 Å². The van der Waals surface area contributed by atoms with Crippen molar-refractivity contribution in [2.45, 2.75) is 50.9 Å². The van der Waals surface area contributed by atoms with E-state index in [1.165, 1.54) is 11.1 Å². The first kappa shape index (κ1) is 18.2. The molecule has 0 N–H and O–H groups in total. The molecule has 3 aliphatic heterocycles. The zero-order valence-electron chi connectivity index (χ0n) is 16.4. The smallest absolute Gasteiger partial charge is 0.200 e. The lowest BCUT2D eigenvalue weighted by molar-refractivity contribution is -0.152. The second kappa shape index (κ2) is 6.89. The number of hydrogen-bond acceptors (Lipinski definition) is 4. The summed E-state index contributed by atoms with van der Waals surface area (Å²) in [5.74, 6) is 1.04. The number of nitrogens with zero attached hydrogens (tertiary/aromatic N) is 3. The van der Waals surface area contributed by atoms with Crippen molar-refractivity contribution in [2.75, 3.05) is 13.1 Å². The highest BCUT2D eigenvalue weighted by atomic mass is 79.9. The largest absolute Gasteiger partial charge is 0.466 e. The Morgan fingerprint density at radius 1 is 1.07 bits per heavy atom. The molecule has 0 aromatic heterocycles. The van der Waals surface area contributed by atoms with Gasteiger partial charge in [0.25, 0.3) is 0 Å². The van der Waals surface area contributed by atoms with Crippen molar-refractivity contribution in [2.24, 2.45) is 5.10 Å². The van der Waals surface area contributed by atoms with Crippen LogP contribution >= 0.6 is 15.9 Å². The molecular weight excluding hydrogens is 414 g/mol. The van der Waals surface area contributed by atoms with Gasteiger partial charge >= 0.3 is 0 Å². The molecule has 5 rings (SSSR count). The SMILES string of the molecule is CC(C)N1CCC2(CC1)Oc1ccccc1C1CC(c3ccc(Br)cc3)=NN12. The Hall–Kier alpha value is -1.85. The molecule has 5 heteroatoms. The Kier molecular flexibility index (Phi) is 4.48. The number of hydrogen-bond donors (Lipinski definition) is 0. The molecule has 3 aliphatic rings. The number of para-hydroxylation sites is 1. The first-order valence-corrected chi connectivity index (χ1v) is 11.0. The van der Waals surface area contributed by atoms with Gasteiger partial charge in [-0.3, -0.25) is 0 Å². The van der Waals surface area contributed by atoms with Crippen molar-refractivity contribution < 1.29 is 4.74 Å². The molecule has 0 amide bonds. The van der Waals surface area contributed by atoms with E-state index in [1.54, 1.807) is 0 Å². The molecule has 1 fully saturated rings. The number of halogens is 1. The summed E-state index contributed by atoms with van der Waals surface area (Å²) in [6.45, 7) is 6.65. The third-order valence-electron chi connectivity index (χ3n) is 6.39. The molecule has 28 heavy (non-hydrogen) atoms. The predicted octanol–water partition coefficient (Wildman–Crippen LogP) is 5.19. The minimum absolute atomic E-state index is 0.259. The number of benzene rings is 2. The van der Waals surface area contributed by atoms with Gasteiger partial charge in [0.1, 0.15) is 5.75 Å². The first-order chi connectivity index (χ1) is 13.6. The van der Waals surface area contributed by atoms with Crippen LogP contribution in [0.2, 0.25) is 0 Å². The lowest BCUT2D eigenvalue weighted by atomic mass is 9.90. The van der Waals surface area contributed by atoms with Gasteiger partial charge in [-0.15, -0.1) is 0 Å². The summed E-state index contributed by atoms with van der Waals surface area (Å²) >= 11 is 3.54. The molecule has 2 aromatic carbocycles. The lowest BCUT2D eigenvalue weighted by Crippen LogP contribution is -2.59. The summed E-state index contributed by atoms with van der Waals surface area (Å²) in [5.41, 5.74) is 3.28. The minimum Gasteiger partial charge on any atom is -0.466 e. The quantitative estimate of drug-likeness (QED) is 0.643. The molecular formula is C23H26BrN3O. The monoisotopic (exact) mass is 439 g/mol. The van der Waals surface area contributed by atoms with Crippen molar-refractivity contribution >= 4 is 21.6 Å². The molecule has 146 valence electrons. The zero-order valence-corrected chi connectivity index (χ0v) is 18.0. The maximum absolute atomic E-state index is 6.69. The van der Waals surface area contributed by atoms with Crippen molar-refractivity contribution in [3.05, 3.63) is 64.1 Å². The third-order valence-corrected chi connectivity index (χ3v) is 6.92. The highest BCUT2D eigenvalue weighted by molar-refractivity contribution is 9.10. The van der Waals surface area contributed by atoms with Crippen LogP contribution in [0.5, 0.6) is 5.75 Å². The second-order valence-corrected chi connectivity index (χ2v) is 9.25. The van der Waals surface area contributed by atoms with Crippen LogP contribution in [0, 0.1) is 0 Å². The maximum Gasteiger partial charge on any atom is 0.200 e. The summed E-state index contributed by atoms with van der Waals surface area (Å²) in [6, 6.07) is 17.8.